The van der Waals surface area contributed by atoms with Crippen molar-refractivity contribution in [2.24, 2.45) is 4.99 Å². The monoisotopic (exact) mass is 110 g/mol. The van der Waals surface area contributed by atoms with E-state index in [1.807, 2.05) is 25.2 Å². The van der Waals surface area contributed by atoms with Crippen molar-refractivity contribution in [3.8, 4) is 0 Å². The molecule has 0 radical (unpaired) electrons. The van der Waals surface area contributed by atoms with E-state index in [2.05, 4.69) is 11.1 Å². The van der Waals surface area contributed by atoms with Crippen LogP contribution in [-0.2, 0) is 0 Å². The van der Waals surface area contributed by atoms with Crippen LogP contribution in [0.4, 0.5) is 0 Å². The molecule has 0 aliphatic carbocycles. The molecule has 0 aromatic carbocycles. The molecule has 0 bridgehead atoms. The van der Waals surface area contributed by atoms with Crippen molar-refractivity contribution < 1.29 is 0 Å². The lowest BCUT2D eigenvalue weighted by atomic mass is 10.5. The van der Waals surface area contributed by atoms with Crippen LogP contribution in [0.15, 0.2) is 16.9 Å². The van der Waals surface area contributed by atoms with Crippen LogP contribution in [-0.4, -0.2) is 25.2 Å². The first-order valence-corrected chi connectivity index (χ1v) is 2.71. The molecule has 2 nitrogen and oxygen atoms in total. The van der Waals surface area contributed by atoms with Gasteiger partial charge in [0.2, 0.25) is 0 Å². The van der Waals surface area contributed by atoms with E-state index < -0.39 is 0 Å². The van der Waals surface area contributed by atoms with Gasteiger partial charge < -0.3 is 4.90 Å². The molecule has 0 aromatic heterocycles. The minimum Gasteiger partial charge on any atom is -0.363 e. The molecule has 0 unspecified atom stereocenters. The Morgan fingerprint density at radius 3 is 2.62 bits per heavy atom. The summed E-state index contributed by atoms with van der Waals surface area (Å²) in [5, 5.41) is 0. The number of hydrogen-bond acceptors (Lipinski definition) is 2. The maximum atomic E-state index is 4.10. The number of nitrogens with zero attached hydrogens (tertiary/aromatic N) is 2. The third-order valence-electron chi connectivity index (χ3n) is 1.09. The maximum absolute atomic E-state index is 4.10. The first-order valence-electron chi connectivity index (χ1n) is 2.71. The zero-order chi connectivity index (χ0) is 5.98. The fourth-order valence-electron chi connectivity index (χ4n) is 0.655. The van der Waals surface area contributed by atoms with Gasteiger partial charge in [0.15, 0.2) is 0 Å². The van der Waals surface area contributed by atoms with Gasteiger partial charge in [-0.05, 0) is 6.08 Å². The van der Waals surface area contributed by atoms with Crippen LogP contribution in [0.5, 0.6) is 0 Å². The summed E-state index contributed by atoms with van der Waals surface area (Å²) < 4.78 is 0. The van der Waals surface area contributed by atoms with E-state index in [-0.39, 0.29) is 0 Å². The first-order chi connectivity index (χ1) is 3.80. The molecule has 0 saturated heterocycles. The average Bonchev–Trinajstić information content (AvgIpc) is 2.12. The molecule has 44 valence electrons. The lowest BCUT2D eigenvalue weighted by molar-refractivity contribution is 0.509. The van der Waals surface area contributed by atoms with Crippen molar-refractivity contribution in [3.05, 3.63) is 11.9 Å². The summed E-state index contributed by atoms with van der Waals surface area (Å²) in [5.41, 5.74) is 0. The quantitative estimate of drug-likeness (QED) is 0.489. The lowest BCUT2D eigenvalue weighted by Gasteiger charge is -2.08. The van der Waals surface area contributed by atoms with Crippen LogP contribution < -0.4 is 0 Å². The lowest BCUT2D eigenvalue weighted by Crippen LogP contribution is -2.07. The Kier molecular flexibility index (Phi) is 1.33. The smallest absolute Gasteiger partial charge is 0.123 e. The maximum Gasteiger partial charge on any atom is 0.123 e. The van der Waals surface area contributed by atoms with Crippen LogP contribution in [0, 0.1) is 0 Å². The van der Waals surface area contributed by atoms with Gasteiger partial charge in [0, 0.05) is 26.7 Å². The van der Waals surface area contributed by atoms with Crippen LogP contribution >= 0.6 is 0 Å². The molecule has 0 fully saturated rings. The van der Waals surface area contributed by atoms with Gasteiger partial charge in [-0.25, -0.2) is 4.99 Å². The third kappa shape index (κ3) is 0.886. The molecule has 1 aliphatic heterocycles. The topological polar surface area (TPSA) is 15.6 Å². The molecule has 0 aromatic rings. The second-order valence-corrected chi connectivity index (χ2v) is 2.00. The normalized spacial score (nSPS) is 16.5. The highest BCUT2D eigenvalue weighted by atomic mass is 15.2. The fraction of sp³-hybridized carbons (Fsp3) is 0.500. The second kappa shape index (κ2) is 1.99. The van der Waals surface area contributed by atoms with Gasteiger partial charge in [-0.15, -0.1) is 0 Å². The number of rotatable bonds is 1. The van der Waals surface area contributed by atoms with Crippen LogP contribution in [0.3, 0.4) is 0 Å². The van der Waals surface area contributed by atoms with E-state index in [9.17, 15) is 0 Å². The van der Waals surface area contributed by atoms with Crippen LogP contribution in [0.2, 0.25) is 0 Å². The van der Waals surface area contributed by atoms with E-state index in [4.69, 9.17) is 0 Å². The van der Waals surface area contributed by atoms with Gasteiger partial charge in [-0.1, -0.05) is 0 Å². The zero-order valence-corrected chi connectivity index (χ0v) is 5.26. The van der Waals surface area contributed by atoms with Crippen molar-refractivity contribution >= 4 is 6.21 Å². The van der Waals surface area contributed by atoms with E-state index in [1.165, 1.54) is 0 Å². The van der Waals surface area contributed by atoms with Crippen molar-refractivity contribution in [1.29, 1.82) is 0 Å². The molecular formula is C6H10N2. The standard InChI is InChI=1S/C6H10N2/c1-8(2)6-4-3-5-7-6/h4-5H,3H2,1-2H3. The van der Waals surface area contributed by atoms with Crippen molar-refractivity contribution in [2.45, 2.75) is 6.42 Å². The Morgan fingerprint density at radius 2 is 2.38 bits per heavy atom. The third-order valence-corrected chi connectivity index (χ3v) is 1.09. The summed E-state index contributed by atoms with van der Waals surface area (Å²) >= 11 is 0. The minimum absolute atomic E-state index is 0.994. The van der Waals surface area contributed by atoms with E-state index in [1.54, 1.807) is 0 Å². The second-order valence-electron chi connectivity index (χ2n) is 2.00. The Labute approximate surface area is 49.5 Å². The van der Waals surface area contributed by atoms with E-state index >= 15 is 0 Å². The molecule has 1 heterocycles. The van der Waals surface area contributed by atoms with E-state index in [0.717, 1.165) is 12.2 Å². The van der Waals surface area contributed by atoms with Gasteiger partial charge in [0.25, 0.3) is 0 Å². The fourth-order valence-corrected chi connectivity index (χ4v) is 0.655. The Balaban J connectivity index is 2.58. The molecule has 0 saturated carbocycles. The largest absolute Gasteiger partial charge is 0.363 e. The molecule has 1 aliphatic rings. The van der Waals surface area contributed by atoms with Crippen LogP contribution in [0.25, 0.3) is 0 Å². The first kappa shape index (κ1) is 5.35. The molecule has 1 rings (SSSR count). The van der Waals surface area contributed by atoms with Crippen molar-refractivity contribution in [2.75, 3.05) is 14.1 Å². The molecule has 0 amide bonds. The summed E-state index contributed by atoms with van der Waals surface area (Å²) in [6.45, 7) is 0. The van der Waals surface area contributed by atoms with Crippen molar-refractivity contribution in [3.63, 3.8) is 0 Å². The number of aliphatic imine (C=N–C) groups is 1. The Hall–Kier alpha value is -0.790. The van der Waals surface area contributed by atoms with Gasteiger partial charge in [-0.2, -0.15) is 0 Å². The van der Waals surface area contributed by atoms with Gasteiger partial charge >= 0.3 is 0 Å². The molecule has 8 heavy (non-hydrogen) atoms. The number of allylic oxidation sites excluding steroid dienone is 1. The van der Waals surface area contributed by atoms with Crippen LogP contribution in [0.1, 0.15) is 6.42 Å². The molecule has 2 heteroatoms. The highest BCUT2D eigenvalue weighted by Crippen LogP contribution is 2.05. The molecule has 0 atom stereocenters. The highest BCUT2D eigenvalue weighted by molar-refractivity contribution is 5.64. The highest BCUT2D eigenvalue weighted by Gasteiger charge is 1.97. The number of hydrogen-bond donors (Lipinski definition) is 0. The summed E-state index contributed by atoms with van der Waals surface area (Å²) in [7, 11) is 3.99. The Morgan fingerprint density at radius 1 is 1.62 bits per heavy atom. The predicted molar refractivity (Wildman–Crippen MR) is 34.9 cm³/mol. The van der Waals surface area contributed by atoms with Crippen molar-refractivity contribution in [1.82, 2.24) is 4.90 Å². The molecular weight excluding hydrogens is 100 g/mol. The zero-order valence-electron chi connectivity index (χ0n) is 5.26. The summed E-state index contributed by atoms with van der Waals surface area (Å²) in [6, 6.07) is 0. The van der Waals surface area contributed by atoms with Gasteiger partial charge in [0.1, 0.15) is 5.82 Å². The molecule has 0 N–H and O–H groups in total. The molecule has 0 spiro atoms. The van der Waals surface area contributed by atoms with E-state index in [0.29, 0.717) is 0 Å². The summed E-state index contributed by atoms with van der Waals surface area (Å²) in [6.07, 6.45) is 5.00. The Bertz CT molecular complexity index is 133. The summed E-state index contributed by atoms with van der Waals surface area (Å²) in [5.74, 6) is 1.07. The average molecular weight is 110 g/mol. The minimum atomic E-state index is 0.994. The summed E-state index contributed by atoms with van der Waals surface area (Å²) in [4.78, 5) is 6.10. The predicted octanol–water partition coefficient (Wildman–Crippen LogP) is 0.864. The van der Waals surface area contributed by atoms with Gasteiger partial charge in [0.05, 0.1) is 0 Å². The SMILES string of the molecule is CN(C)C1=CCC=N1. The van der Waals surface area contributed by atoms with Gasteiger partial charge in [-0.3, -0.25) is 0 Å².